The summed E-state index contributed by atoms with van der Waals surface area (Å²) in [6.45, 7) is 2.58. The minimum Gasteiger partial charge on any atom is -0.207 e. The van der Waals surface area contributed by atoms with E-state index in [9.17, 15) is 8.42 Å². The Morgan fingerprint density at radius 1 is 0.958 bits per heavy atom. The van der Waals surface area contributed by atoms with Gasteiger partial charge in [0.05, 0.1) is 4.90 Å². The van der Waals surface area contributed by atoms with Crippen LogP contribution in [0, 0.1) is 12.8 Å². The highest BCUT2D eigenvalue weighted by molar-refractivity contribution is 7.89. The predicted molar refractivity (Wildman–Crippen MR) is 95.4 cm³/mol. The lowest BCUT2D eigenvalue weighted by atomic mass is 9.87. The van der Waals surface area contributed by atoms with E-state index < -0.39 is 10.0 Å². The van der Waals surface area contributed by atoms with Crippen LogP contribution < -0.4 is 0 Å². The molecule has 0 radical (unpaired) electrons. The summed E-state index contributed by atoms with van der Waals surface area (Å²) in [4.78, 5) is 0.424. The van der Waals surface area contributed by atoms with Crippen molar-refractivity contribution in [2.45, 2.75) is 43.0 Å². The molecule has 2 aromatic rings. The standard InChI is InChI=1S/C20H23NO2S/c1-15-10-12-17(13-11-15)24(22,23)21-14-19(16-6-3-2-4-7-16)18-8-5-9-20(18)21/h2-4,6-7,10-13,18-20H,5,8-9,14H2,1H3/t18-,19-,20-/m1/s1. The summed E-state index contributed by atoms with van der Waals surface area (Å²) in [5.41, 5.74) is 2.35. The Balaban J connectivity index is 1.69. The third-order valence-electron chi connectivity index (χ3n) is 5.65. The number of hydrogen-bond donors (Lipinski definition) is 0. The van der Waals surface area contributed by atoms with Crippen LogP contribution in [-0.2, 0) is 10.0 Å². The van der Waals surface area contributed by atoms with E-state index >= 15 is 0 Å². The quantitative estimate of drug-likeness (QED) is 0.847. The van der Waals surface area contributed by atoms with E-state index in [0.29, 0.717) is 23.3 Å². The second kappa shape index (κ2) is 6.01. The molecule has 1 aliphatic carbocycles. The lowest BCUT2D eigenvalue weighted by molar-refractivity contribution is 0.366. The maximum atomic E-state index is 13.2. The topological polar surface area (TPSA) is 37.4 Å². The first-order valence-electron chi connectivity index (χ1n) is 8.71. The van der Waals surface area contributed by atoms with Gasteiger partial charge in [-0.25, -0.2) is 8.42 Å². The zero-order chi connectivity index (χ0) is 16.7. The van der Waals surface area contributed by atoms with Crippen molar-refractivity contribution >= 4 is 10.0 Å². The van der Waals surface area contributed by atoms with Crippen molar-refractivity contribution in [1.82, 2.24) is 4.31 Å². The molecule has 0 spiro atoms. The highest BCUT2D eigenvalue weighted by Crippen LogP contribution is 2.48. The van der Waals surface area contributed by atoms with Gasteiger partial charge in [0, 0.05) is 18.5 Å². The van der Waals surface area contributed by atoms with Crippen molar-refractivity contribution in [2.24, 2.45) is 5.92 Å². The summed E-state index contributed by atoms with van der Waals surface area (Å²) in [5.74, 6) is 0.770. The molecular weight excluding hydrogens is 318 g/mol. The first kappa shape index (κ1) is 15.9. The molecular formula is C20H23NO2S. The van der Waals surface area contributed by atoms with Gasteiger partial charge >= 0.3 is 0 Å². The van der Waals surface area contributed by atoms with E-state index in [0.717, 1.165) is 24.8 Å². The molecule has 1 saturated carbocycles. The molecule has 4 rings (SSSR count). The summed E-state index contributed by atoms with van der Waals surface area (Å²) in [6, 6.07) is 17.8. The van der Waals surface area contributed by atoms with E-state index in [2.05, 4.69) is 24.3 Å². The predicted octanol–water partition coefficient (Wildman–Crippen LogP) is 3.95. The first-order valence-corrected chi connectivity index (χ1v) is 10.1. The normalized spacial score (nSPS) is 27.3. The summed E-state index contributed by atoms with van der Waals surface area (Å²) in [6.07, 6.45) is 3.24. The lowest BCUT2D eigenvalue weighted by Crippen LogP contribution is -2.36. The van der Waals surface area contributed by atoms with Crippen LogP contribution in [-0.4, -0.2) is 25.3 Å². The molecule has 1 saturated heterocycles. The van der Waals surface area contributed by atoms with Gasteiger partial charge in [-0.3, -0.25) is 0 Å². The fraction of sp³-hybridized carbons (Fsp3) is 0.400. The largest absolute Gasteiger partial charge is 0.243 e. The number of rotatable bonds is 3. The SMILES string of the molecule is Cc1ccc(S(=O)(=O)N2C[C@H](c3ccccc3)[C@H]3CCC[C@H]32)cc1. The monoisotopic (exact) mass is 341 g/mol. The molecule has 24 heavy (non-hydrogen) atoms. The van der Waals surface area contributed by atoms with Gasteiger partial charge < -0.3 is 0 Å². The molecule has 3 atom stereocenters. The van der Waals surface area contributed by atoms with Crippen LogP contribution in [0.2, 0.25) is 0 Å². The van der Waals surface area contributed by atoms with Crippen molar-refractivity contribution in [2.75, 3.05) is 6.54 Å². The Morgan fingerprint density at radius 2 is 1.67 bits per heavy atom. The summed E-state index contributed by atoms with van der Waals surface area (Å²) in [5, 5.41) is 0. The molecule has 126 valence electrons. The highest BCUT2D eigenvalue weighted by atomic mass is 32.2. The van der Waals surface area contributed by atoms with Crippen molar-refractivity contribution in [1.29, 1.82) is 0 Å². The Labute approximate surface area is 144 Å². The Hall–Kier alpha value is -1.65. The molecule has 4 heteroatoms. The maximum absolute atomic E-state index is 13.2. The third-order valence-corrected chi connectivity index (χ3v) is 7.56. The lowest BCUT2D eigenvalue weighted by Gasteiger charge is -2.23. The summed E-state index contributed by atoms with van der Waals surface area (Å²) < 4.78 is 28.2. The Kier molecular flexibility index (Phi) is 3.97. The van der Waals surface area contributed by atoms with Gasteiger partial charge in [-0.15, -0.1) is 0 Å². The summed E-state index contributed by atoms with van der Waals surface area (Å²) >= 11 is 0. The van der Waals surface area contributed by atoms with E-state index in [4.69, 9.17) is 0 Å². The van der Waals surface area contributed by atoms with Crippen LogP contribution in [0.3, 0.4) is 0 Å². The minimum atomic E-state index is -3.42. The number of fused-ring (bicyclic) bond motifs is 1. The Bertz CT molecular complexity index is 814. The van der Waals surface area contributed by atoms with Gasteiger partial charge in [-0.05, 0) is 43.4 Å². The molecule has 1 aliphatic heterocycles. The fourth-order valence-corrected chi connectivity index (χ4v) is 6.16. The Morgan fingerprint density at radius 3 is 2.38 bits per heavy atom. The fourth-order valence-electron chi connectivity index (χ4n) is 4.44. The highest BCUT2D eigenvalue weighted by Gasteiger charge is 2.49. The van der Waals surface area contributed by atoms with Crippen LogP contribution in [0.5, 0.6) is 0 Å². The molecule has 1 heterocycles. The number of sulfonamides is 1. The second-order valence-corrected chi connectivity index (χ2v) is 8.96. The van der Waals surface area contributed by atoms with Gasteiger partial charge in [-0.1, -0.05) is 54.4 Å². The van der Waals surface area contributed by atoms with Crippen molar-refractivity contribution < 1.29 is 8.42 Å². The van der Waals surface area contributed by atoms with E-state index in [1.807, 2.05) is 25.1 Å². The van der Waals surface area contributed by atoms with Crippen molar-refractivity contribution in [3.63, 3.8) is 0 Å². The molecule has 0 aromatic heterocycles. The number of benzene rings is 2. The van der Waals surface area contributed by atoms with Crippen molar-refractivity contribution in [3.05, 3.63) is 65.7 Å². The van der Waals surface area contributed by atoms with Crippen LogP contribution in [0.4, 0.5) is 0 Å². The zero-order valence-electron chi connectivity index (χ0n) is 13.9. The molecule has 0 amide bonds. The van der Waals surface area contributed by atoms with Crippen LogP contribution in [0.1, 0.15) is 36.3 Å². The first-order chi connectivity index (χ1) is 11.6. The van der Waals surface area contributed by atoms with Gasteiger partial charge in [0.1, 0.15) is 0 Å². The minimum absolute atomic E-state index is 0.154. The molecule has 0 unspecified atom stereocenters. The zero-order valence-corrected chi connectivity index (χ0v) is 14.7. The molecule has 2 aromatic carbocycles. The average Bonchev–Trinajstić information content (AvgIpc) is 3.18. The van der Waals surface area contributed by atoms with Gasteiger partial charge in [0.25, 0.3) is 0 Å². The smallest absolute Gasteiger partial charge is 0.207 e. The van der Waals surface area contributed by atoms with Crippen LogP contribution >= 0.6 is 0 Å². The third kappa shape index (κ3) is 2.58. The number of nitrogens with zero attached hydrogens (tertiary/aromatic N) is 1. The molecule has 2 aliphatic rings. The average molecular weight is 341 g/mol. The van der Waals surface area contributed by atoms with Crippen molar-refractivity contribution in [3.8, 4) is 0 Å². The molecule has 0 bridgehead atoms. The van der Waals surface area contributed by atoms with E-state index in [1.54, 1.807) is 16.4 Å². The van der Waals surface area contributed by atoms with E-state index in [-0.39, 0.29) is 6.04 Å². The van der Waals surface area contributed by atoms with Crippen LogP contribution in [0.15, 0.2) is 59.5 Å². The number of aryl methyl sites for hydroxylation is 1. The number of hydrogen-bond acceptors (Lipinski definition) is 2. The molecule has 3 nitrogen and oxygen atoms in total. The second-order valence-electron chi connectivity index (χ2n) is 7.07. The maximum Gasteiger partial charge on any atom is 0.243 e. The van der Waals surface area contributed by atoms with Gasteiger partial charge in [-0.2, -0.15) is 4.31 Å². The summed E-state index contributed by atoms with van der Waals surface area (Å²) in [7, 11) is -3.42. The van der Waals surface area contributed by atoms with E-state index in [1.165, 1.54) is 5.56 Å². The van der Waals surface area contributed by atoms with Gasteiger partial charge in [0.2, 0.25) is 10.0 Å². The molecule has 2 fully saturated rings. The van der Waals surface area contributed by atoms with Gasteiger partial charge in [0.15, 0.2) is 0 Å². The molecule has 0 N–H and O–H groups in total. The van der Waals surface area contributed by atoms with Crippen LogP contribution in [0.25, 0.3) is 0 Å².